The highest BCUT2D eigenvalue weighted by Crippen LogP contribution is 2.38. The van der Waals surface area contributed by atoms with Gasteiger partial charge in [0, 0.05) is 15.8 Å². The first kappa shape index (κ1) is 29.0. The van der Waals surface area contributed by atoms with Crippen molar-refractivity contribution in [1.82, 2.24) is 0 Å². The third-order valence-corrected chi connectivity index (χ3v) is 7.08. The molecule has 1 aliphatic rings. The van der Waals surface area contributed by atoms with Crippen LogP contribution in [0, 0.1) is 0 Å². The molecule has 204 valence electrons. The molecule has 0 saturated carbocycles. The monoisotopic (exact) mass is 593 g/mol. The van der Waals surface area contributed by atoms with E-state index in [1.165, 1.54) is 0 Å². The summed E-state index contributed by atoms with van der Waals surface area (Å²) in [4.78, 5) is 3.04. The molecule has 4 rings (SSSR count). The maximum atomic E-state index is 12.4. The Hall–Kier alpha value is -3.01. The quantitative estimate of drug-likeness (QED) is 0.111. The molecule has 5 atom stereocenters. The highest BCUT2D eigenvalue weighted by Gasteiger charge is 2.56. The molecule has 1 fully saturated rings. The van der Waals surface area contributed by atoms with Gasteiger partial charge in [-0.15, -0.1) is 6.58 Å². The maximum absolute atomic E-state index is 12.4. The predicted octanol–water partition coefficient (Wildman–Crippen LogP) is 6.13. The number of ether oxygens (including phenoxy) is 4. The second-order valence-electron chi connectivity index (χ2n) is 9.32. The summed E-state index contributed by atoms with van der Waals surface area (Å²) in [7, 11) is 0. The minimum absolute atomic E-state index is 0.0596. The third kappa shape index (κ3) is 7.77. The van der Waals surface area contributed by atoms with Gasteiger partial charge in [0.05, 0.1) is 26.4 Å². The average Bonchev–Trinajstić information content (AvgIpc) is 2.96. The summed E-state index contributed by atoms with van der Waals surface area (Å²) in [5.74, 6) is 0. The molecule has 9 heteroatoms. The van der Waals surface area contributed by atoms with E-state index in [4.69, 9.17) is 18.9 Å². The van der Waals surface area contributed by atoms with Gasteiger partial charge >= 0.3 is 0 Å². The van der Waals surface area contributed by atoms with E-state index in [9.17, 15) is 10.6 Å². The van der Waals surface area contributed by atoms with Gasteiger partial charge in [0.15, 0.2) is 6.29 Å². The van der Waals surface area contributed by atoms with Crippen LogP contribution >= 0.6 is 15.9 Å². The molecular formula is C30H32BrN3O5. The second kappa shape index (κ2) is 14.4. The molecule has 3 aromatic rings. The SMILES string of the molecule is C=CCO[C@@H]1O[C@H](COCc2ccccc2)[C@](O)(Cc2ccc(Br)cc2)[C@H](OCc2ccccc2)[C@H]1N=[N+]=[N-]. The summed E-state index contributed by atoms with van der Waals surface area (Å²) in [6, 6.07) is 26.1. The summed E-state index contributed by atoms with van der Waals surface area (Å²) in [5, 5.41) is 16.4. The zero-order valence-electron chi connectivity index (χ0n) is 21.5. The fraction of sp³-hybridized carbons (Fsp3) is 0.333. The van der Waals surface area contributed by atoms with Crippen LogP contribution in [0.3, 0.4) is 0 Å². The predicted molar refractivity (Wildman–Crippen MR) is 152 cm³/mol. The molecule has 39 heavy (non-hydrogen) atoms. The summed E-state index contributed by atoms with van der Waals surface area (Å²) in [5.41, 5.74) is 10.6. The molecule has 1 aliphatic heterocycles. The summed E-state index contributed by atoms with van der Waals surface area (Å²) in [6.45, 7) is 4.46. The zero-order chi connectivity index (χ0) is 27.5. The van der Waals surface area contributed by atoms with Crippen molar-refractivity contribution in [2.75, 3.05) is 13.2 Å². The number of aliphatic hydroxyl groups is 1. The number of hydrogen-bond donors (Lipinski definition) is 1. The summed E-state index contributed by atoms with van der Waals surface area (Å²) in [6.07, 6.45) is -1.04. The maximum Gasteiger partial charge on any atom is 0.169 e. The molecule has 1 N–H and O–H groups in total. The van der Waals surface area contributed by atoms with Crippen LogP contribution in [0.15, 0.2) is 107 Å². The van der Waals surface area contributed by atoms with Gasteiger partial charge in [0.1, 0.15) is 23.9 Å². The average molecular weight is 595 g/mol. The summed E-state index contributed by atoms with van der Waals surface area (Å²) < 4.78 is 25.5. The van der Waals surface area contributed by atoms with Crippen molar-refractivity contribution in [3.8, 4) is 0 Å². The van der Waals surface area contributed by atoms with Gasteiger partial charge < -0.3 is 24.1 Å². The smallest absolute Gasteiger partial charge is 0.169 e. The molecule has 0 spiro atoms. The van der Waals surface area contributed by atoms with E-state index >= 15 is 0 Å². The molecule has 3 aromatic carbocycles. The molecule has 0 aliphatic carbocycles. The van der Waals surface area contributed by atoms with Crippen LogP contribution in [0.2, 0.25) is 0 Å². The Morgan fingerprint density at radius 1 is 0.949 bits per heavy atom. The van der Waals surface area contributed by atoms with Gasteiger partial charge in [-0.1, -0.05) is 99.9 Å². The Balaban J connectivity index is 1.68. The van der Waals surface area contributed by atoms with Crippen LogP contribution in [0.1, 0.15) is 16.7 Å². The van der Waals surface area contributed by atoms with Gasteiger partial charge in [-0.2, -0.15) is 0 Å². The molecule has 0 aromatic heterocycles. The number of azide groups is 1. The Morgan fingerprint density at radius 3 is 2.21 bits per heavy atom. The van der Waals surface area contributed by atoms with E-state index in [-0.39, 0.29) is 26.2 Å². The van der Waals surface area contributed by atoms with Gasteiger partial charge in [0.25, 0.3) is 0 Å². The molecule has 0 unspecified atom stereocenters. The van der Waals surface area contributed by atoms with Crippen molar-refractivity contribution in [3.63, 3.8) is 0 Å². The number of halogens is 1. The number of nitrogens with zero attached hydrogens (tertiary/aromatic N) is 3. The normalized spacial score (nSPS) is 24.6. The second-order valence-corrected chi connectivity index (χ2v) is 10.2. The first-order chi connectivity index (χ1) is 19.0. The molecule has 8 nitrogen and oxygen atoms in total. The first-order valence-electron chi connectivity index (χ1n) is 12.7. The topological polar surface area (TPSA) is 106 Å². The standard InChI is InChI=1S/C30H32BrN3O5/c1-2-17-37-29-27(33-34-32)28(38-20-24-11-7-4-8-12-24)30(35,18-22-13-15-25(31)16-14-22)26(39-29)21-36-19-23-9-5-3-6-10-23/h2-16,26-29,35H,1,17-21H2/t26-,27-,28-,29-,30-/m1/s1. The van der Waals surface area contributed by atoms with Crippen molar-refractivity contribution in [3.05, 3.63) is 129 Å². The highest BCUT2D eigenvalue weighted by atomic mass is 79.9. The van der Waals surface area contributed by atoms with E-state index < -0.39 is 30.1 Å². The lowest BCUT2D eigenvalue weighted by atomic mass is 9.78. The number of rotatable bonds is 13. The lowest BCUT2D eigenvalue weighted by Gasteiger charge is -2.50. The number of benzene rings is 3. The van der Waals surface area contributed by atoms with Crippen molar-refractivity contribution >= 4 is 15.9 Å². The number of hydrogen-bond acceptors (Lipinski definition) is 6. The summed E-state index contributed by atoms with van der Waals surface area (Å²) >= 11 is 3.47. The minimum atomic E-state index is -1.62. The lowest BCUT2D eigenvalue weighted by Crippen LogP contribution is -2.68. The Bertz CT molecular complexity index is 1220. The van der Waals surface area contributed by atoms with E-state index in [1.807, 2.05) is 84.9 Å². The largest absolute Gasteiger partial charge is 0.384 e. The Labute approximate surface area is 236 Å². The fourth-order valence-corrected chi connectivity index (χ4v) is 4.91. The van der Waals surface area contributed by atoms with Gasteiger partial charge in [-0.05, 0) is 34.4 Å². The van der Waals surface area contributed by atoms with Gasteiger partial charge in [-0.3, -0.25) is 0 Å². The van der Waals surface area contributed by atoms with Crippen LogP contribution in [0.5, 0.6) is 0 Å². The van der Waals surface area contributed by atoms with Crippen LogP contribution in [-0.4, -0.2) is 48.5 Å². The Kier molecular flexibility index (Phi) is 10.7. The van der Waals surface area contributed by atoms with E-state index in [2.05, 4.69) is 32.5 Å². The van der Waals surface area contributed by atoms with Crippen LogP contribution in [0.4, 0.5) is 0 Å². The van der Waals surface area contributed by atoms with Crippen molar-refractivity contribution in [1.29, 1.82) is 0 Å². The van der Waals surface area contributed by atoms with Crippen molar-refractivity contribution < 1.29 is 24.1 Å². The molecular weight excluding hydrogens is 562 g/mol. The molecule has 0 radical (unpaired) electrons. The first-order valence-corrected chi connectivity index (χ1v) is 13.5. The van der Waals surface area contributed by atoms with Crippen LogP contribution in [-0.2, 0) is 38.6 Å². The zero-order valence-corrected chi connectivity index (χ0v) is 23.1. The highest BCUT2D eigenvalue weighted by molar-refractivity contribution is 9.10. The fourth-order valence-electron chi connectivity index (χ4n) is 4.65. The van der Waals surface area contributed by atoms with Crippen molar-refractivity contribution in [2.45, 2.75) is 49.8 Å². The van der Waals surface area contributed by atoms with Crippen LogP contribution in [0.25, 0.3) is 10.4 Å². The molecule has 0 bridgehead atoms. The van der Waals surface area contributed by atoms with E-state index in [0.717, 1.165) is 21.2 Å². The minimum Gasteiger partial charge on any atom is -0.384 e. The molecule has 1 saturated heterocycles. The molecule has 1 heterocycles. The van der Waals surface area contributed by atoms with Crippen LogP contribution < -0.4 is 0 Å². The lowest BCUT2D eigenvalue weighted by molar-refractivity contribution is -0.309. The molecule has 0 amide bonds. The van der Waals surface area contributed by atoms with Crippen molar-refractivity contribution in [2.24, 2.45) is 5.11 Å². The van der Waals surface area contributed by atoms with Gasteiger partial charge in [0.2, 0.25) is 0 Å². The third-order valence-electron chi connectivity index (χ3n) is 6.55. The van der Waals surface area contributed by atoms with E-state index in [1.54, 1.807) is 6.08 Å². The van der Waals surface area contributed by atoms with Gasteiger partial charge in [-0.25, -0.2) is 0 Å². The van der Waals surface area contributed by atoms with E-state index in [0.29, 0.717) is 6.61 Å². The Morgan fingerprint density at radius 2 is 1.59 bits per heavy atom.